The van der Waals surface area contributed by atoms with Gasteiger partial charge in [0.25, 0.3) is 0 Å². The van der Waals surface area contributed by atoms with Gasteiger partial charge in [-0.25, -0.2) is 8.42 Å². The zero-order valence-corrected chi connectivity index (χ0v) is 14.1. The fraction of sp³-hybridized carbons (Fsp3) is 0.846. The first-order valence-corrected chi connectivity index (χ1v) is 9.94. The van der Waals surface area contributed by atoms with Gasteiger partial charge in [0.05, 0.1) is 23.7 Å². The number of carbonyl (C=O) groups excluding carboxylic acids is 1. The van der Waals surface area contributed by atoms with Crippen LogP contribution in [0.1, 0.15) is 39.5 Å². The van der Waals surface area contributed by atoms with Crippen LogP contribution in [0.15, 0.2) is 0 Å². The molecule has 0 aromatic carbocycles. The Hall–Kier alpha value is -0.760. The quantitative estimate of drug-likeness (QED) is 0.687. The van der Waals surface area contributed by atoms with Crippen molar-refractivity contribution in [1.29, 1.82) is 0 Å². The highest BCUT2D eigenvalue weighted by atomic mass is 32.2. The molecule has 0 radical (unpaired) electrons. The van der Waals surface area contributed by atoms with E-state index >= 15 is 0 Å². The average molecular weight is 337 g/mol. The van der Waals surface area contributed by atoms with Crippen molar-refractivity contribution in [3.63, 3.8) is 0 Å². The Labute approximate surface area is 130 Å². The number of hydrogen-bond donors (Lipinski definition) is 2. The molecule has 0 spiro atoms. The second kappa shape index (κ2) is 7.49. The van der Waals surface area contributed by atoms with Crippen molar-refractivity contribution in [2.75, 3.05) is 17.3 Å². The van der Waals surface area contributed by atoms with Crippen molar-refractivity contribution in [3.05, 3.63) is 0 Å². The first-order valence-electron chi connectivity index (χ1n) is 7.07. The predicted octanol–water partition coefficient (Wildman–Crippen LogP) is 1.06. The number of nitrogens with one attached hydrogen (secondary N) is 1. The van der Waals surface area contributed by atoms with Crippen LogP contribution >= 0.6 is 11.8 Å². The summed E-state index contributed by atoms with van der Waals surface area (Å²) >= 11 is 1.34. The highest BCUT2D eigenvalue weighted by Crippen LogP contribution is 2.25. The number of carboxylic acid groups (broad SMARTS) is 1. The summed E-state index contributed by atoms with van der Waals surface area (Å²) in [6.07, 6.45) is 1.57. The van der Waals surface area contributed by atoms with E-state index in [0.717, 1.165) is 0 Å². The minimum Gasteiger partial charge on any atom is -0.481 e. The van der Waals surface area contributed by atoms with E-state index in [1.54, 1.807) is 0 Å². The Balaban J connectivity index is 2.49. The molecule has 1 unspecified atom stereocenters. The summed E-state index contributed by atoms with van der Waals surface area (Å²) in [6.45, 7) is 3.70. The fourth-order valence-electron chi connectivity index (χ4n) is 2.43. The molecular weight excluding hydrogens is 314 g/mol. The van der Waals surface area contributed by atoms with Gasteiger partial charge in [-0.1, -0.05) is 13.8 Å². The lowest BCUT2D eigenvalue weighted by Gasteiger charge is -2.31. The van der Waals surface area contributed by atoms with E-state index in [-0.39, 0.29) is 34.8 Å². The summed E-state index contributed by atoms with van der Waals surface area (Å²) in [5, 5.41) is 11.7. The topological polar surface area (TPSA) is 101 Å². The van der Waals surface area contributed by atoms with Gasteiger partial charge in [-0.05, 0) is 19.3 Å². The maximum atomic E-state index is 12.0. The van der Waals surface area contributed by atoms with Gasteiger partial charge in [0.2, 0.25) is 5.91 Å². The van der Waals surface area contributed by atoms with Gasteiger partial charge in [-0.3, -0.25) is 9.59 Å². The molecule has 1 saturated heterocycles. The molecule has 1 aliphatic heterocycles. The maximum absolute atomic E-state index is 12.0. The van der Waals surface area contributed by atoms with Crippen molar-refractivity contribution >= 4 is 33.5 Å². The average Bonchev–Trinajstić information content (AvgIpc) is 2.74. The van der Waals surface area contributed by atoms with Crippen molar-refractivity contribution in [3.8, 4) is 0 Å². The van der Waals surface area contributed by atoms with Gasteiger partial charge >= 0.3 is 5.97 Å². The fourth-order valence-corrected chi connectivity index (χ4v) is 5.87. The van der Waals surface area contributed by atoms with Crippen LogP contribution < -0.4 is 5.32 Å². The highest BCUT2D eigenvalue weighted by Gasteiger charge is 2.32. The normalized spacial score (nSPS) is 21.1. The zero-order valence-electron chi connectivity index (χ0n) is 12.4. The van der Waals surface area contributed by atoms with E-state index in [1.165, 1.54) is 11.8 Å². The van der Waals surface area contributed by atoms with Crippen LogP contribution in [-0.2, 0) is 19.4 Å². The van der Waals surface area contributed by atoms with E-state index in [1.807, 2.05) is 13.8 Å². The lowest BCUT2D eigenvalue weighted by molar-refractivity contribution is -0.139. The number of rotatable bonds is 8. The second-order valence-corrected chi connectivity index (χ2v) is 8.96. The molecule has 0 aliphatic carbocycles. The number of carboxylic acids is 1. The monoisotopic (exact) mass is 337 g/mol. The van der Waals surface area contributed by atoms with Gasteiger partial charge < -0.3 is 10.4 Å². The van der Waals surface area contributed by atoms with Gasteiger partial charge in [0, 0.05) is 10.8 Å². The molecule has 1 amide bonds. The van der Waals surface area contributed by atoms with E-state index in [2.05, 4.69) is 5.32 Å². The lowest BCUT2D eigenvalue weighted by atomic mass is 9.89. The minimum atomic E-state index is -2.93. The second-order valence-electron chi connectivity index (χ2n) is 5.44. The Morgan fingerprint density at radius 1 is 1.33 bits per heavy atom. The van der Waals surface area contributed by atoms with Crippen molar-refractivity contribution in [2.45, 2.75) is 50.3 Å². The Bertz CT molecular complexity index is 485. The molecule has 1 atom stereocenters. The number of amides is 1. The molecule has 0 bridgehead atoms. The Morgan fingerprint density at radius 2 is 1.95 bits per heavy atom. The molecule has 122 valence electrons. The number of hydrogen-bond acceptors (Lipinski definition) is 5. The summed E-state index contributed by atoms with van der Waals surface area (Å²) < 4.78 is 22.7. The molecule has 0 aromatic rings. The van der Waals surface area contributed by atoms with Crippen LogP contribution in [0.2, 0.25) is 0 Å². The van der Waals surface area contributed by atoms with Gasteiger partial charge in [-0.2, -0.15) is 0 Å². The van der Waals surface area contributed by atoms with E-state index in [4.69, 9.17) is 5.11 Å². The predicted molar refractivity (Wildman–Crippen MR) is 83.2 cm³/mol. The van der Waals surface area contributed by atoms with Gasteiger partial charge in [0.15, 0.2) is 9.84 Å². The standard InChI is InChI=1S/C13H23NO5S2/c1-3-13(4-2,7-12(16)17)14-11(15)8-20-10-5-6-21(18,19)9-10/h10H,3-9H2,1-2H3,(H,14,15)(H,16,17). The lowest BCUT2D eigenvalue weighted by Crippen LogP contribution is -2.49. The van der Waals surface area contributed by atoms with E-state index < -0.39 is 21.3 Å². The summed E-state index contributed by atoms with van der Waals surface area (Å²) in [5.74, 6) is -0.671. The minimum absolute atomic E-state index is 0.0297. The molecule has 21 heavy (non-hydrogen) atoms. The van der Waals surface area contributed by atoms with Crippen molar-refractivity contribution in [2.24, 2.45) is 0 Å². The zero-order chi connectivity index (χ0) is 16.1. The SMILES string of the molecule is CCC(CC)(CC(=O)O)NC(=O)CSC1CCS(=O)(=O)C1. The van der Waals surface area contributed by atoms with Gasteiger partial charge in [-0.15, -0.1) is 11.8 Å². The first-order chi connectivity index (χ1) is 9.72. The van der Waals surface area contributed by atoms with Gasteiger partial charge in [0.1, 0.15) is 0 Å². The van der Waals surface area contributed by atoms with Crippen LogP contribution in [0.5, 0.6) is 0 Å². The summed E-state index contributed by atoms with van der Waals surface area (Å²) in [5.41, 5.74) is -0.717. The number of carbonyl (C=O) groups is 2. The maximum Gasteiger partial charge on any atom is 0.305 e. The van der Waals surface area contributed by atoms with E-state index in [0.29, 0.717) is 19.3 Å². The van der Waals surface area contributed by atoms with Crippen molar-refractivity contribution in [1.82, 2.24) is 5.32 Å². The van der Waals surface area contributed by atoms with Crippen LogP contribution in [0.4, 0.5) is 0 Å². The molecule has 6 nitrogen and oxygen atoms in total. The third-order valence-electron chi connectivity index (χ3n) is 3.89. The molecule has 8 heteroatoms. The molecule has 0 saturated carbocycles. The molecule has 0 aromatic heterocycles. The largest absolute Gasteiger partial charge is 0.481 e. The third kappa shape index (κ3) is 5.86. The third-order valence-corrected chi connectivity index (χ3v) is 7.17. The molecule has 2 N–H and O–H groups in total. The smallest absolute Gasteiger partial charge is 0.305 e. The van der Waals surface area contributed by atoms with Crippen LogP contribution in [-0.4, -0.2) is 53.4 Å². The molecular formula is C13H23NO5S2. The summed E-state index contributed by atoms with van der Waals surface area (Å²) in [4.78, 5) is 22.9. The number of thioether (sulfide) groups is 1. The Kier molecular flexibility index (Phi) is 6.52. The highest BCUT2D eigenvalue weighted by molar-refractivity contribution is 8.02. The van der Waals surface area contributed by atoms with Crippen LogP contribution in [0, 0.1) is 0 Å². The first kappa shape index (κ1) is 18.3. The summed E-state index contributed by atoms with van der Waals surface area (Å²) in [6, 6.07) is 0. The molecule has 1 rings (SSSR count). The number of aliphatic carboxylic acids is 1. The molecule has 1 aliphatic rings. The van der Waals surface area contributed by atoms with E-state index in [9.17, 15) is 18.0 Å². The number of sulfone groups is 1. The molecule has 1 fully saturated rings. The van der Waals surface area contributed by atoms with Crippen molar-refractivity contribution < 1.29 is 23.1 Å². The Morgan fingerprint density at radius 3 is 2.38 bits per heavy atom. The van der Waals surface area contributed by atoms with Crippen LogP contribution in [0.25, 0.3) is 0 Å². The summed E-state index contributed by atoms with van der Waals surface area (Å²) in [7, 11) is -2.93. The van der Waals surface area contributed by atoms with Crippen LogP contribution in [0.3, 0.4) is 0 Å². The molecule has 1 heterocycles.